The van der Waals surface area contributed by atoms with E-state index in [1.54, 1.807) is 6.26 Å². The molecule has 1 saturated heterocycles. The minimum Gasteiger partial charge on any atom is -0.497 e. The summed E-state index contributed by atoms with van der Waals surface area (Å²) in [5.41, 5.74) is 0. The lowest BCUT2D eigenvalue weighted by molar-refractivity contribution is 0.118. The zero-order chi connectivity index (χ0) is 11.4. The molecule has 0 aromatic rings. The molecule has 5 heteroatoms. The Morgan fingerprint density at radius 3 is 2.62 bits per heavy atom. The molecule has 0 aliphatic carbocycles. The molecule has 0 radical (unpaired) electrons. The number of allylic oxidation sites excluding steroid dienone is 1. The summed E-state index contributed by atoms with van der Waals surface area (Å²) in [5.74, 6) is 0.659. The van der Waals surface area contributed by atoms with Gasteiger partial charge in [-0.2, -0.15) is 0 Å². The lowest BCUT2D eigenvalue weighted by atomic mass is 10.1. The molecular formula is C11H19NO3S. The predicted molar refractivity (Wildman–Crippen MR) is 62.9 cm³/mol. The highest BCUT2D eigenvalue weighted by Gasteiger charge is 2.24. The van der Waals surface area contributed by atoms with E-state index in [1.165, 1.54) is 0 Å². The van der Waals surface area contributed by atoms with Crippen molar-refractivity contribution >= 4 is 9.84 Å². The van der Waals surface area contributed by atoms with Crippen molar-refractivity contribution in [3.63, 3.8) is 0 Å². The number of sulfone groups is 1. The van der Waals surface area contributed by atoms with Gasteiger partial charge in [0.1, 0.15) is 15.9 Å². The minimum atomic E-state index is -2.74. The van der Waals surface area contributed by atoms with Gasteiger partial charge in [-0.05, 0) is 31.8 Å². The fourth-order valence-electron chi connectivity index (χ4n) is 2.13. The van der Waals surface area contributed by atoms with Gasteiger partial charge in [-0.15, -0.1) is 0 Å². The molecule has 0 aromatic heterocycles. The molecule has 2 heterocycles. The lowest BCUT2D eigenvalue weighted by Gasteiger charge is -2.26. The van der Waals surface area contributed by atoms with E-state index in [9.17, 15) is 8.42 Å². The zero-order valence-electron chi connectivity index (χ0n) is 9.39. The smallest absolute Gasteiger partial charge is 0.150 e. The summed E-state index contributed by atoms with van der Waals surface area (Å²) in [4.78, 5) is 0. The van der Waals surface area contributed by atoms with Crippen molar-refractivity contribution in [2.75, 3.05) is 18.1 Å². The molecule has 1 fully saturated rings. The Morgan fingerprint density at radius 2 is 2.00 bits per heavy atom. The van der Waals surface area contributed by atoms with Crippen LogP contribution in [0.25, 0.3) is 0 Å². The van der Waals surface area contributed by atoms with E-state index >= 15 is 0 Å². The van der Waals surface area contributed by atoms with E-state index in [-0.39, 0.29) is 6.10 Å². The van der Waals surface area contributed by atoms with Gasteiger partial charge < -0.3 is 10.1 Å². The third-order valence-electron chi connectivity index (χ3n) is 3.21. The average Bonchev–Trinajstić information content (AvgIpc) is 2.29. The third-order valence-corrected chi connectivity index (χ3v) is 4.93. The van der Waals surface area contributed by atoms with Gasteiger partial charge in [0, 0.05) is 12.6 Å². The normalized spacial score (nSPS) is 29.9. The van der Waals surface area contributed by atoms with Crippen LogP contribution in [0.1, 0.15) is 25.7 Å². The van der Waals surface area contributed by atoms with Gasteiger partial charge in [0.2, 0.25) is 0 Å². The molecule has 0 aromatic carbocycles. The van der Waals surface area contributed by atoms with Crippen LogP contribution in [0.15, 0.2) is 12.3 Å². The van der Waals surface area contributed by atoms with Gasteiger partial charge >= 0.3 is 0 Å². The Morgan fingerprint density at radius 1 is 1.25 bits per heavy atom. The van der Waals surface area contributed by atoms with Gasteiger partial charge in [-0.3, -0.25) is 0 Å². The second-order valence-corrected chi connectivity index (χ2v) is 6.85. The zero-order valence-corrected chi connectivity index (χ0v) is 10.2. The molecule has 2 aliphatic rings. The molecule has 0 bridgehead atoms. The standard InChI is InChI=1S/C11H19NO3S/c13-16(14)7-4-10(5-8-16)12-9-11-3-1-2-6-15-11/h2,6,10-12H,1,3-5,7-9H2. The summed E-state index contributed by atoms with van der Waals surface area (Å²) in [7, 11) is -2.74. The molecule has 92 valence electrons. The summed E-state index contributed by atoms with van der Waals surface area (Å²) in [6.07, 6.45) is 7.66. The molecule has 0 amide bonds. The average molecular weight is 245 g/mol. The van der Waals surface area contributed by atoms with Gasteiger partial charge in [0.25, 0.3) is 0 Å². The summed E-state index contributed by atoms with van der Waals surface area (Å²) in [6.45, 7) is 0.828. The van der Waals surface area contributed by atoms with Crippen LogP contribution in [0, 0.1) is 0 Å². The second-order valence-electron chi connectivity index (χ2n) is 4.54. The molecule has 1 unspecified atom stereocenters. The monoisotopic (exact) mass is 245 g/mol. The SMILES string of the molecule is O=S1(=O)CCC(NCC2CCC=CO2)CC1. The first kappa shape index (κ1) is 11.9. The van der Waals surface area contributed by atoms with Crippen LogP contribution in [-0.4, -0.2) is 38.6 Å². The molecule has 1 atom stereocenters. The Bertz CT molecular complexity index is 336. The number of hydrogen-bond acceptors (Lipinski definition) is 4. The highest BCUT2D eigenvalue weighted by atomic mass is 32.2. The number of hydrogen-bond donors (Lipinski definition) is 1. The van der Waals surface area contributed by atoms with E-state index < -0.39 is 9.84 Å². The second kappa shape index (κ2) is 5.19. The highest BCUT2D eigenvalue weighted by molar-refractivity contribution is 7.91. The topological polar surface area (TPSA) is 55.4 Å². The molecule has 2 aliphatic heterocycles. The molecule has 0 saturated carbocycles. The minimum absolute atomic E-state index is 0.253. The Balaban J connectivity index is 1.69. The van der Waals surface area contributed by atoms with E-state index in [4.69, 9.17) is 4.74 Å². The van der Waals surface area contributed by atoms with Crippen LogP contribution < -0.4 is 5.32 Å². The van der Waals surface area contributed by atoms with Crippen LogP contribution >= 0.6 is 0 Å². The van der Waals surface area contributed by atoms with Crippen molar-refractivity contribution in [1.82, 2.24) is 5.32 Å². The summed E-state index contributed by atoms with van der Waals surface area (Å²) >= 11 is 0. The first-order valence-electron chi connectivity index (χ1n) is 5.90. The van der Waals surface area contributed by atoms with Crippen molar-refractivity contribution in [3.8, 4) is 0 Å². The van der Waals surface area contributed by atoms with Crippen LogP contribution in [0.3, 0.4) is 0 Å². The van der Waals surface area contributed by atoms with E-state index in [2.05, 4.69) is 5.32 Å². The Hall–Kier alpha value is -0.550. The quantitative estimate of drug-likeness (QED) is 0.801. The molecule has 1 N–H and O–H groups in total. The molecule has 16 heavy (non-hydrogen) atoms. The number of ether oxygens (including phenoxy) is 1. The van der Waals surface area contributed by atoms with Gasteiger partial charge in [-0.1, -0.05) is 0 Å². The van der Waals surface area contributed by atoms with Crippen LogP contribution in [0.2, 0.25) is 0 Å². The summed E-state index contributed by atoms with van der Waals surface area (Å²) in [5, 5.41) is 3.41. The van der Waals surface area contributed by atoms with Crippen molar-refractivity contribution in [3.05, 3.63) is 12.3 Å². The predicted octanol–water partition coefficient (Wildman–Crippen LogP) is 0.846. The molecular weight excluding hydrogens is 226 g/mol. The molecule has 0 spiro atoms. The van der Waals surface area contributed by atoms with Gasteiger partial charge in [0.15, 0.2) is 0 Å². The first-order valence-corrected chi connectivity index (χ1v) is 7.72. The van der Waals surface area contributed by atoms with Crippen LogP contribution in [-0.2, 0) is 14.6 Å². The molecule has 2 rings (SSSR count). The van der Waals surface area contributed by atoms with E-state index in [1.807, 2.05) is 6.08 Å². The van der Waals surface area contributed by atoms with Gasteiger partial charge in [-0.25, -0.2) is 8.42 Å². The largest absolute Gasteiger partial charge is 0.497 e. The fraction of sp³-hybridized carbons (Fsp3) is 0.818. The number of nitrogens with one attached hydrogen (secondary N) is 1. The van der Waals surface area contributed by atoms with Crippen molar-refractivity contribution in [2.24, 2.45) is 0 Å². The maximum absolute atomic E-state index is 11.2. The van der Waals surface area contributed by atoms with E-state index in [0.717, 1.165) is 32.2 Å². The first-order chi connectivity index (χ1) is 7.66. The Kier molecular flexibility index (Phi) is 3.86. The van der Waals surface area contributed by atoms with E-state index in [0.29, 0.717) is 17.5 Å². The fourth-order valence-corrected chi connectivity index (χ4v) is 3.62. The van der Waals surface area contributed by atoms with Crippen molar-refractivity contribution in [1.29, 1.82) is 0 Å². The summed E-state index contributed by atoms with van der Waals surface area (Å²) in [6, 6.07) is 0.345. The third kappa shape index (κ3) is 3.49. The van der Waals surface area contributed by atoms with Crippen molar-refractivity contribution < 1.29 is 13.2 Å². The molecule has 4 nitrogen and oxygen atoms in total. The van der Waals surface area contributed by atoms with Gasteiger partial charge in [0.05, 0.1) is 17.8 Å². The van der Waals surface area contributed by atoms with Crippen LogP contribution in [0.5, 0.6) is 0 Å². The summed E-state index contributed by atoms with van der Waals surface area (Å²) < 4.78 is 27.9. The van der Waals surface area contributed by atoms with Crippen LogP contribution in [0.4, 0.5) is 0 Å². The highest BCUT2D eigenvalue weighted by Crippen LogP contribution is 2.14. The maximum atomic E-state index is 11.2. The maximum Gasteiger partial charge on any atom is 0.150 e. The lowest BCUT2D eigenvalue weighted by Crippen LogP contribution is -2.41. The Labute approximate surface area is 97.0 Å². The number of rotatable bonds is 3. The van der Waals surface area contributed by atoms with Crippen molar-refractivity contribution in [2.45, 2.75) is 37.8 Å².